The lowest BCUT2D eigenvalue weighted by atomic mass is 10.2. The quantitative estimate of drug-likeness (QED) is 0.810. The maximum atomic E-state index is 12.1. The summed E-state index contributed by atoms with van der Waals surface area (Å²) in [4.78, 5) is 0.214. The van der Waals surface area contributed by atoms with Crippen LogP contribution in [0.2, 0.25) is 5.02 Å². The number of hydrogen-bond acceptors (Lipinski definition) is 5. The molecule has 0 saturated heterocycles. The van der Waals surface area contributed by atoms with E-state index >= 15 is 0 Å². The van der Waals surface area contributed by atoms with Crippen LogP contribution >= 0.6 is 23.8 Å². The van der Waals surface area contributed by atoms with Crippen molar-refractivity contribution in [3.05, 3.63) is 22.5 Å². The summed E-state index contributed by atoms with van der Waals surface area (Å²) in [5.74, 6) is 0.353. The molecule has 10 heteroatoms. The minimum absolute atomic E-state index is 0.0530. The molecule has 2 aromatic heterocycles. The lowest BCUT2D eigenvalue weighted by Gasteiger charge is -2.13. The number of fused-ring (bicyclic) bond motifs is 1. The topological polar surface area (TPSA) is 95.8 Å². The van der Waals surface area contributed by atoms with Gasteiger partial charge in [0, 0.05) is 6.54 Å². The Labute approximate surface area is 131 Å². The largest absolute Gasteiger partial charge is 0.389 e. The van der Waals surface area contributed by atoms with Crippen molar-refractivity contribution in [1.29, 1.82) is 0 Å². The number of halogens is 1. The molecule has 7 nitrogen and oxygen atoms in total. The summed E-state index contributed by atoms with van der Waals surface area (Å²) in [5, 5.41) is 8.56. The highest BCUT2D eigenvalue weighted by molar-refractivity contribution is 7.91. The van der Waals surface area contributed by atoms with E-state index in [1.165, 1.54) is 15.6 Å². The van der Waals surface area contributed by atoms with E-state index in [0.29, 0.717) is 24.2 Å². The predicted octanol–water partition coefficient (Wildman–Crippen LogP) is 0.842. The van der Waals surface area contributed by atoms with Crippen LogP contribution in [0.5, 0.6) is 0 Å². The van der Waals surface area contributed by atoms with Crippen LogP contribution in [0.25, 0.3) is 5.82 Å². The number of hydrogen-bond donors (Lipinski definition) is 1. The van der Waals surface area contributed by atoms with Gasteiger partial charge < -0.3 is 5.73 Å². The monoisotopic (exact) mass is 345 g/mol. The van der Waals surface area contributed by atoms with E-state index in [4.69, 9.17) is 29.6 Å². The van der Waals surface area contributed by atoms with Gasteiger partial charge in [0.2, 0.25) is 0 Å². The zero-order valence-corrected chi connectivity index (χ0v) is 13.5. The van der Waals surface area contributed by atoms with Gasteiger partial charge in [-0.05, 0) is 13.3 Å². The van der Waals surface area contributed by atoms with Crippen molar-refractivity contribution in [2.45, 2.75) is 24.9 Å². The number of nitrogens with two attached hydrogens (primary N) is 1. The fourth-order valence-corrected chi connectivity index (χ4v) is 4.65. The number of thiocarbonyl (C=S) groups is 1. The molecule has 0 bridgehead atoms. The van der Waals surface area contributed by atoms with E-state index in [2.05, 4.69) is 10.2 Å². The molecule has 0 saturated carbocycles. The summed E-state index contributed by atoms with van der Waals surface area (Å²) in [6.45, 7) is 2.28. The van der Waals surface area contributed by atoms with E-state index in [9.17, 15) is 8.42 Å². The number of aromatic nitrogens is 4. The Morgan fingerprint density at radius 3 is 2.81 bits per heavy atom. The molecular weight excluding hydrogens is 334 g/mol. The molecule has 21 heavy (non-hydrogen) atoms. The Hall–Kier alpha value is -1.45. The van der Waals surface area contributed by atoms with Gasteiger partial charge in [0.15, 0.2) is 20.7 Å². The second-order valence-corrected chi connectivity index (χ2v) is 7.60. The summed E-state index contributed by atoms with van der Waals surface area (Å²) in [7, 11) is -3.41. The van der Waals surface area contributed by atoms with Gasteiger partial charge in [-0.3, -0.25) is 4.68 Å². The predicted molar refractivity (Wildman–Crippen MR) is 81.7 cm³/mol. The Bertz CT molecular complexity index is 852. The fourth-order valence-electron chi connectivity index (χ4n) is 2.36. The third kappa shape index (κ3) is 2.16. The van der Waals surface area contributed by atoms with Crippen molar-refractivity contribution in [1.82, 2.24) is 19.6 Å². The maximum Gasteiger partial charge on any atom is 0.196 e. The molecule has 3 rings (SSSR count). The van der Waals surface area contributed by atoms with Crippen LogP contribution in [0.3, 0.4) is 0 Å². The van der Waals surface area contributed by atoms with Crippen LogP contribution in [-0.2, 0) is 16.4 Å². The molecule has 112 valence electrons. The van der Waals surface area contributed by atoms with E-state index in [1.54, 1.807) is 6.92 Å². The standard InChI is InChI=1S/C11H12ClN5O2S2/c1-6-7(9(13)20)5-14-17(6)10-8(12)11-16(15-10)3-2-4-21(11,18)19/h5H,2-4H2,1H3,(H2,13,20). The average molecular weight is 346 g/mol. The van der Waals surface area contributed by atoms with Crippen LogP contribution in [0.15, 0.2) is 11.2 Å². The number of sulfone groups is 1. The van der Waals surface area contributed by atoms with Crippen molar-refractivity contribution in [2.75, 3.05) is 5.75 Å². The lowest BCUT2D eigenvalue weighted by Crippen LogP contribution is -2.21. The van der Waals surface area contributed by atoms with Crippen LogP contribution in [0, 0.1) is 6.92 Å². The average Bonchev–Trinajstić information content (AvgIpc) is 2.90. The zero-order valence-electron chi connectivity index (χ0n) is 11.1. The molecule has 2 aromatic rings. The molecule has 2 N–H and O–H groups in total. The molecule has 1 aliphatic heterocycles. The minimum Gasteiger partial charge on any atom is -0.389 e. The van der Waals surface area contributed by atoms with Crippen molar-refractivity contribution < 1.29 is 8.42 Å². The molecule has 0 aromatic carbocycles. The highest BCUT2D eigenvalue weighted by atomic mass is 35.5. The van der Waals surface area contributed by atoms with Gasteiger partial charge in [-0.15, -0.1) is 0 Å². The highest BCUT2D eigenvalue weighted by Crippen LogP contribution is 2.32. The number of nitrogens with zero attached hydrogens (tertiary/aromatic N) is 4. The van der Waals surface area contributed by atoms with Crippen LogP contribution in [0.1, 0.15) is 17.7 Å². The Kier molecular flexibility index (Phi) is 3.30. The molecule has 0 radical (unpaired) electrons. The molecule has 0 atom stereocenters. The van der Waals surface area contributed by atoms with Gasteiger partial charge in [0.05, 0.1) is 23.2 Å². The first kappa shape index (κ1) is 14.5. The molecule has 0 fully saturated rings. The second kappa shape index (κ2) is 4.79. The normalized spacial score (nSPS) is 16.7. The van der Waals surface area contributed by atoms with Gasteiger partial charge in [-0.25, -0.2) is 13.1 Å². The molecule has 0 spiro atoms. The first-order chi connectivity index (χ1) is 9.83. The lowest BCUT2D eigenvalue weighted by molar-refractivity contribution is 0.501. The van der Waals surface area contributed by atoms with Crippen molar-refractivity contribution in [3.8, 4) is 5.82 Å². The summed E-state index contributed by atoms with van der Waals surface area (Å²) in [5.41, 5.74) is 6.88. The first-order valence-electron chi connectivity index (χ1n) is 6.17. The van der Waals surface area contributed by atoms with Crippen LogP contribution in [0.4, 0.5) is 0 Å². The first-order valence-corrected chi connectivity index (χ1v) is 8.60. The number of rotatable bonds is 2. The Morgan fingerprint density at radius 1 is 1.52 bits per heavy atom. The Morgan fingerprint density at radius 2 is 2.24 bits per heavy atom. The van der Waals surface area contributed by atoms with Gasteiger partial charge in [0.25, 0.3) is 0 Å². The molecule has 0 amide bonds. The molecule has 3 heterocycles. The van der Waals surface area contributed by atoms with E-state index < -0.39 is 9.84 Å². The van der Waals surface area contributed by atoms with Gasteiger partial charge >= 0.3 is 0 Å². The SMILES string of the molecule is Cc1c(C(N)=S)cnn1-c1nn2c(c1Cl)S(=O)(=O)CCC2. The maximum absolute atomic E-state index is 12.1. The summed E-state index contributed by atoms with van der Waals surface area (Å²) in [6.07, 6.45) is 2.03. The fraction of sp³-hybridized carbons (Fsp3) is 0.364. The second-order valence-electron chi connectivity index (χ2n) is 4.76. The highest BCUT2D eigenvalue weighted by Gasteiger charge is 2.32. The van der Waals surface area contributed by atoms with Crippen molar-refractivity contribution >= 4 is 38.6 Å². The third-order valence-electron chi connectivity index (χ3n) is 3.39. The van der Waals surface area contributed by atoms with E-state index in [-0.39, 0.29) is 26.6 Å². The smallest absolute Gasteiger partial charge is 0.196 e. The summed E-state index contributed by atoms with van der Waals surface area (Å²) < 4.78 is 27.1. The molecule has 0 unspecified atom stereocenters. The Balaban J connectivity index is 2.22. The van der Waals surface area contributed by atoms with Crippen molar-refractivity contribution in [2.24, 2.45) is 5.73 Å². The summed E-state index contributed by atoms with van der Waals surface area (Å²) >= 11 is 11.2. The van der Waals surface area contributed by atoms with Gasteiger partial charge in [-0.2, -0.15) is 10.2 Å². The third-order valence-corrected chi connectivity index (χ3v) is 5.90. The van der Waals surface area contributed by atoms with Crippen LogP contribution < -0.4 is 5.73 Å². The number of aryl methyl sites for hydroxylation is 1. The minimum atomic E-state index is -3.41. The zero-order chi connectivity index (χ0) is 15.4. The summed E-state index contributed by atoms with van der Waals surface area (Å²) in [6, 6.07) is 0. The molecule has 1 aliphatic rings. The van der Waals surface area contributed by atoms with Gasteiger partial charge in [0.1, 0.15) is 10.0 Å². The van der Waals surface area contributed by atoms with Gasteiger partial charge in [-0.1, -0.05) is 23.8 Å². The molecule has 0 aliphatic carbocycles. The van der Waals surface area contributed by atoms with E-state index in [0.717, 1.165) is 0 Å². The molecular formula is C11H12ClN5O2S2. The van der Waals surface area contributed by atoms with Crippen molar-refractivity contribution in [3.63, 3.8) is 0 Å². The van der Waals surface area contributed by atoms with E-state index in [1.807, 2.05) is 0 Å². The van der Waals surface area contributed by atoms with Crippen LogP contribution in [-0.4, -0.2) is 38.7 Å².